The van der Waals surface area contributed by atoms with Crippen LogP contribution in [-0.2, 0) is 9.59 Å². The minimum absolute atomic E-state index is 0.167. The van der Waals surface area contributed by atoms with Gasteiger partial charge in [0, 0.05) is 24.9 Å². The summed E-state index contributed by atoms with van der Waals surface area (Å²) >= 11 is 2.80. The third-order valence-electron chi connectivity index (χ3n) is 2.21. The zero-order valence-corrected chi connectivity index (χ0v) is 12.1. The normalized spacial score (nSPS) is 12.4. The summed E-state index contributed by atoms with van der Waals surface area (Å²) in [5.74, 6) is 0.840. The molecule has 0 bridgehead atoms. The van der Waals surface area contributed by atoms with Gasteiger partial charge in [0.1, 0.15) is 0 Å². The molecule has 1 unspecified atom stereocenters. The molecule has 0 aromatic rings. The summed E-state index contributed by atoms with van der Waals surface area (Å²) in [6.07, 6.45) is 5.68. The summed E-state index contributed by atoms with van der Waals surface area (Å²) < 4.78 is 0. The van der Waals surface area contributed by atoms with Gasteiger partial charge in [0.2, 0.25) is 0 Å². The summed E-state index contributed by atoms with van der Waals surface area (Å²) in [4.78, 5) is 21.9. The average Bonchev–Trinajstić information content (AvgIpc) is 2.16. The molecule has 4 heteroatoms. The maximum Gasteiger partial charge on any atom is 0.186 e. The molecule has 0 saturated carbocycles. The van der Waals surface area contributed by atoms with E-state index in [1.54, 1.807) is 13.8 Å². The monoisotopic (exact) mass is 262 g/mol. The second kappa shape index (κ2) is 10.2. The summed E-state index contributed by atoms with van der Waals surface area (Å²) in [7, 11) is 0. The summed E-state index contributed by atoms with van der Waals surface area (Å²) in [6.45, 7) is 5.39. The molecule has 0 fully saturated rings. The van der Waals surface area contributed by atoms with Gasteiger partial charge in [-0.15, -0.1) is 0 Å². The van der Waals surface area contributed by atoms with Crippen LogP contribution in [0.4, 0.5) is 0 Å². The Morgan fingerprint density at radius 1 is 1.06 bits per heavy atom. The van der Waals surface area contributed by atoms with Crippen LogP contribution in [0.15, 0.2) is 0 Å². The van der Waals surface area contributed by atoms with E-state index in [1.807, 2.05) is 0 Å². The number of thioether (sulfide) groups is 2. The Labute approximate surface area is 107 Å². The van der Waals surface area contributed by atoms with Gasteiger partial charge in [-0.2, -0.15) is 0 Å². The molecule has 1 atom stereocenters. The lowest BCUT2D eigenvalue weighted by atomic mass is 10.1. The lowest BCUT2D eigenvalue weighted by Gasteiger charge is -2.13. The molecule has 0 heterocycles. The molecule has 0 N–H and O–H groups in total. The van der Waals surface area contributed by atoms with Crippen LogP contribution in [0.25, 0.3) is 0 Å². The quantitative estimate of drug-likeness (QED) is 0.622. The van der Waals surface area contributed by atoms with E-state index >= 15 is 0 Å². The third kappa shape index (κ3) is 10.6. The highest BCUT2D eigenvalue weighted by molar-refractivity contribution is 8.14. The highest BCUT2D eigenvalue weighted by Crippen LogP contribution is 2.23. The predicted octanol–water partition coefficient (Wildman–Crippen LogP) is 3.88. The van der Waals surface area contributed by atoms with Gasteiger partial charge >= 0.3 is 0 Å². The van der Waals surface area contributed by atoms with Gasteiger partial charge in [-0.25, -0.2) is 0 Å². The molecule has 0 saturated heterocycles. The van der Waals surface area contributed by atoms with Crippen LogP contribution in [0.2, 0.25) is 0 Å². The van der Waals surface area contributed by atoms with Crippen molar-refractivity contribution in [3.05, 3.63) is 0 Å². The molecule has 2 nitrogen and oxygen atoms in total. The Hall–Kier alpha value is 0.0400. The minimum atomic E-state index is 0.167. The van der Waals surface area contributed by atoms with Crippen molar-refractivity contribution in [1.29, 1.82) is 0 Å². The Kier molecular flexibility index (Phi) is 10.2. The zero-order valence-electron chi connectivity index (χ0n) is 10.5. The molecule has 0 radical (unpaired) electrons. The van der Waals surface area contributed by atoms with Crippen molar-refractivity contribution in [2.45, 2.75) is 58.1 Å². The highest BCUT2D eigenvalue weighted by Gasteiger charge is 2.12. The molecule has 0 aliphatic rings. The number of unbranched alkanes of at least 4 members (excludes halogenated alkanes) is 2. The molecule has 0 amide bonds. The molecular weight excluding hydrogens is 240 g/mol. The van der Waals surface area contributed by atoms with Crippen LogP contribution in [0.3, 0.4) is 0 Å². The Morgan fingerprint density at radius 3 is 2.25 bits per heavy atom. The van der Waals surface area contributed by atoms with Crippen molar-refractivity contribution in [2.24, 2.45) is 0 Å². The lowest BCUT2D eigenvalue weighted by molar-refractivity contribution is -0.109. The number of carbonyl (C=O) groups excluding carboxylic acids is 2. The Balaban J connectivity index is 3.80. The molecule has 0 aliphatic carbocycles. The summed E-state index contributed by atoms with van der Waals surface area (Å²) in [6, 6.07) is 0. The predicted molar refractivity (Wildman–Crippen MR) is 74.0 cm³/mol. The fraction of sp³-hybridized carbons (Fsp3) is 0.833. The van der Waals surface area contributed by atoms with Crippen LogP contribution >= 0.6 is 23.5 Å². The van der Waals surface area contributed by atoms with Crippen molar-refractivity contribution in [3.8, 4) is 0 Å². The second-order valence-electron chi connectivity index (χ2n) is 3.86. The molecular formula is C12H22O2S2. The van der Waals surface area contributed by atoms with E-state index in [0.29, 0.717) is 5.25 Å². The van der Waals surface area contributed by atoms with Crippen LogP contribution in [0.1, 0.15) is 52.9 Å². The van der Waals surface area contributed by atoms with Gasteiger partial charge in [-0.1, -0.05) is 49.7 Å². The molecule has 0 rings (SSSR count). The van der Waals surface area contributed by atoms with Crippen molar-refractivity contribution in [3.63, 3.8) is 0 Å². The Bertz CT molecular complexity index is 217. The van der Waals surface area contributed by atoms with Gasteiger partial charge in [-0.05, 0) is 12.8 Å². The fourth-order valence-corrected chi connectivity index (χ4v) is 3.28. The number of hydrogen-bond donors (Lipinski definition) is 0. The van der Waals surface area contributed by atoms with Gasteiger partial charge in [0.25, 0.3) is 0 Å². The summed E-state index contributed by atoms with van der Waals surface area (Å²) in [5, 5.41) is 0.755. The number of rotatable bonds is 8. The topological polar surface area (TPSA) is 34.1 Å². The van der Waals surface area contributed by atoms with E-state index in [1.165, 1.54) is 42.8 Å². The molecule has 0 aliphatic heterocycles. The SMILES string of the molecule is CCCCCC(CCSC(C)=O)SC(C)=O. The third-order valence-corrected chi connectivity index (χ3v) is 4.19. The van der Waals surface area contributed by atoms with Crippen molar-refractivity contribution in [1.82, 2.24) is 0 Å². The zero-order chi connectivity index (χ0) is 12.4. The van der Waals surface area contributed by atoms with Crippen molar-refractivity contribution < 1.29 is 9.59 Å². The van der Waals surface area contributed by atoms with E-state index in [2.05, 4.69) is 6.92 Å². The first-order valence-electron chi connectivity index (χ1n) is 5.86. The van der Waals surface area contributed by atoms with E-state index in [0.717, 1.165) is 18.6 Å². The van der Waals surface area contributed by atoms with Crippen LogP contribution in [0, 0.1) is 0 Å². The van der Waals surface area contributed by atoms with Crippen LogP contribution in [-0.4, -0.2) is 21.2 Å². The smallest absolute Gasteiger partial charge is 0.186 e. The maximum atomic E-state index is 11.1. The van der Waals surface area contributed by atoms with E-state index in [-0.39, 0.29) is 10.2 Å². The largest absolute Gasteiger partial charge is 0.288 e. The first-order chi connectivity index (χ1) is 7.56. The highest BCUT2D eigenvalue weighted by atomic mass is 32.2. The van der Waals surface area contributed by atoms with Crippen LogP contribution < -0.4 is 0 Å². The standard InChI is InChI=1S/C12H22O2S2/c1-4-5-6-7-12(16-11(3)14)8-9-15-10(2)13/h12H,4-9H2,1-3H3. The second-order valence-corrected chi connectivity index (χ2v) is 6.61. The van der Waals surface area contributed by atoms with E-state index < -0.39 is 0 Å². The van der Waals surface area contributed by atoms with Crippen molar-refractivity contribution >= 4 is 33.8 Å². The lowest BCUT2D eigenvalue weighted by Crippen LogP contribution is -2.07. The van der Waals surface area contributed by atoms with Gasteiger partial charge in [-0.3, -0.25) is 9.59 Å². The molecule has 16 heavy (non-hydrogen) atoms. The molecule has 0 aromatic heterocycles. The van der Waals surface area contributed by atoms with E-state index in [9.17, 15) is 9.59 Å². The number of hydrogen-bond acceptors (Lipinski definition) is 4. The molecule has 0 spiro atoms. The Morgan fingerprint density at radius 2 is 1.75 bits per heavy atom. The van der Waals surface area contributed by atoms with E-state index in [4.69, 9.17) is 0 Å². The van der Waals surface area contributed by atoms with Crippen molar-refractivity contribution in [2.75, 3.05) is 5.75 Å². The molecule has 0 aromatic carbocycles. The number of carbonyl (C=O) groups is 2. The minimum Gasteiger partial charge on any atom is -0.288 e. The first kappa shape index (κ1) is 16.0. The maximum absolute atomic E-state index is 11.1. The van der Waals surface area contributed by atoms with Gasteiger partial charge < -0.3 is 0 Å². The average molecular weight is 262 g/mol. The van der Waals surface area contributed by atoms with Gasteiger partial charge in [0.05, 0.1) is 0 Å². The molecule has 94 valence electrons. The fourth-order valence-electron chi connectivity index (χ4n) is 1.45. The van der Waals surface area contributed by atoms with Crippen LogP contribution in [0.5, 0.6) is 0 Å². The summed E-state index contributed by atoms with van der Waals surface area (Å²) in [5.41, 5.74) is 0. The van der Waals surface area contributed by atoms with Gasteiger partial charge in [0.15, 0.2) is 10.2 Å². The first-order valence-corrected chi connectivity index (χ1v) is 7.73.